The molecule has 73 heavy (non-hydrogen) atoms. The molecule has 0 aromatic rings. The van der Waals surface area contributed by atoms with Crippen LogP contribution in [0.15, 0.2) is 48.6 Å². The number of rotatable bonds is 60. The van der Waals surface area contributed by atoms with Gasteiger partial charge in [-0.25, -0.2) is 0 Å². The lowest BCUT2D eigenvalue weighted by Gasteiger charge is -2.20. The SMILES string of the molecule is CCCCC/C=C\C/C=C\CCCCCCCCCC(=O)OCCCCCCCCCCC/C=C\CCCCCCCCCC(=O)NC(CO)C(O)/C=C/CCCCCCCCCCCCCCCCCCC. The van der Waals surface area contributed by atoms with Crippen molar-refractivity contribution in [2.24, 2.45) is 0 Å². The minimum Gasteiger partial charge on any atom is -0.466 e. The number of unbranched alkanes of at least 4 members (excludes halogenated alkanes) is 43. The number of ether oxygens (including phenoxy) is 1. The van der Waals surface area contributed by atoms with E-state index in [2.05, 4.69) is 55.6 Å². The number of nitrogens with one attached hydrogen (secondary N) is 1. The van der Waals surface area contributed by atoms with Crippen LogP contribution in [-0.4, -0.2) is 47.4 Å². The molecule has 6 nitrogen and oxygen atoms in total. The number of aliphatic hydroxyl groups is 2. The largest absolute Gasteiger partial charge is 0.466 e. The number of hydrogen-bond donors (Lipinski definition) is 3. The zero-order valence-corrected chi connectivity index (χ0v) is 48.9. The summed E-state index contributed by atoms with van der Waals surface area (Å²) in [7, 11) is 0. The molecule has 0 fully saturated rings. The van der Waals surface area contributed by atoms with Gasteiger partial charge in [0.05, 0.1) is 25.4 Å². The van der Waals surface area contributed by atoms with Crippen LogP contribution in [0.5, 0.6) is 0 Å². The quantitative estimate of drug-likeness (QED) is 0.0320. The maximum atomic E-state index is 12.5. The van der Waals surface area contributed by atoms with Gasteiger partial charge in [0.25, 0.3) is 0 Å². The highest BCUT2D eigenvalue weighted by molar-refractivity contribution is 5.76. The Balaban J connectivity index is 3.46. The van der Waals surface area contributed by atoms with Crippen LogP contribution >= 0.6 is 0 Å². The molecule has 0 bridgehead atoms. The molecule has 0 aromatic carbocycles. The van der Waals surface area contributed by atoms with Crippen LogP contribution in [0.3, 0.4) is 0 Å². The molecular weight excluding hydrogens is 899 g/mol. The number of carbonyl (C=O) groups is 2. The summed E-state index contributed by atoms with van der Waals surface area (Å²) in [6.45, 7) is 4.88. The lowest BCUT2D eigenvalue weighted by atomic mass is 10.0. The highest BCUT2D eigenvalue weighted by Gasteiger charge is 2.18. The molecule has 0 spiro atoms. The Hall–Kier alpha value is -2.18. The molecular formula is C67H125NO5. The maximum absolute atomic E-state index is 12.5. The third-order valence-corrected chi connectivity index (χ3v) is 14.8. The van der Waals surface area contributed by atoms with Gasteiger partial charge in [-0.05, 0) is 89.9 Å². The summed E-state index contributed by atoms with van der Waals surface area (Å²) in [4.78, 5) is 24.6. The topological polar surface area (TPSA) is 95.9 Å². The van der Waals surface area contributed by atoms with E-state index in [1.165, 1.54) is 257 Å². The van der Waals surface area contributed by atoms with Crippen molar-refractivity contribution in [3.05, 3.63) is 48.6 Å². The smallest absolute Gasteiger partial charge is 0.305 e. The Morgan fingerprint density at radius 3 is 1.08 bits per heavy atom. The van der Waals surface area contributed by atoms with E-state index in [1.54, 1.807) is 6.08 Å². The molecule has 0 aromatic heterocycles. The van der Waals surface area contributed by atoms with Crippen molar-refractivity contribution in [2.75, 3.05) is 13.2 Å². The summed E-state index contributed by atoms with van der Waals surface area (Å²) in [5.74, 6) is -0.0772. The molecule has 2 atom stereocenters. The Morgan fingerprint density at radius 1 is 0.384 bits per heavy atom. The molecule has 0 rings (SSSR count). The van der Waals surface area contributed by atoms with Crippen molar-refractivity contribution in [2.45, 2.75) is 353 Å². The van der Waals surface area contributed by atoms with Gasteiger partial charge in [-0.1, -0.05) is 287 Å². The van der Waals surface area contributed by atoms with E-state index in [0.29, 0.717) is 19.4 Å². The van der Waals surface area contributed by atoms with Gasteiger partial charge in [-0.2, -0.15) is 0 Å². The number of hydrogen-bond acceptors (Lipinski definition) is 5. The minimum absolute atomic E-state index is 0.00223. The fraction of sp³-hybridized carbons (Fsp3) is 0.851. The molecule has 0 aliphatic heterocycles. The van der Waals surface area contributed by atoms with Gasteiger partial charge < -0.3 is 20.3 Å². The maximum Gasteiger partial charge on any atom is 0.305 e. The minimum atomic E-state index is -0.852. The number of esters is 1. The van der Waals surface area contributed by atoms with Crippen LogP contribution in [0, 0.1) is 0 Å². The average Bonchev–Trinajstić information content (AvgIpc) is 3.39. The predicted molar refractivity (Wildman–Crippen MR) is 319 cm³/mol. The summed E-state index contributed by atoms with van der Waals surface area (Å²) < 4.78 is 5.49. The molecule has 0 heterocycles. The van der Waals surface area contributed by atoms with Gasteiger partial charge in [-0.15, -0.1) is 0 Å². The second kappa shape index (κ2) is 62.4. The Morgan fingerprint density at radius 2 is 0.685 bits per heavy atom. The fourth-order valence-electron chi connectivity index (χ4n) is 9.84. The van der Waals surface area contributed by atoms with E-state index in [-0.39, 0.29) is 18.5 Å². The summed E-state index contributed by atoms with van der Waals surface area (Å²) in [5.41, 5.74) is 0. The van der Waals surface area contributed by atoms with E-state index in [4.69, 9.17) is 4.74 Å². The Bertz CT molecular complexity index is 1230. The number of amides is 1. The molecule has 3 N–H and O–H groups in total. The van der Waals surface area contributed by atoms with Crippen molar-refractivity contribution in [1.29, 1.82) is 0 Å². The van der Waals surface area contributed by atoms with E-state index in [9.17, 15) is 19.8 Å². The third-order valence-electron chi connectivity index (χ3n) is 14.8. The first-order valence-electron chi connectivity index (χ1n) is 32.4. The zero-order chi connectivity index (χ0) is 52.9. The normalized spacial score (nSPS) is 12.9. The predicted octanol–water partition coefficient (Wildman–Crippen LogP) is 20.5. The fourth-order valence-corrected chi connectivity index (χ4v) is 9.84. The molecule has 0 saturated carbocycles. The lowest BCUT2D eigenvalue weighted by molar-refractivity contribution is -0.143. The first-order valence-corrected chi connectivity index (χ1v) is 32.4. The van der Waals surface area contributed by atoms with E-state index >= 15 is 0 Å². The van der Waals surface area contributed by atoms with Gasteiger partial charge in [0.2, 0.25) is 5.91 Å². The van der Waals surface area contributed by atoms with Gasteiger partial charge in [-0.3, -0.25) is 9.59 Å². The lowest BCUT2D eigenvalue weighted by Crippen LogP contribution is -2.45. The van der Waals surface area contributed by atoms with Crippen molar-refractivity contribution in [3.8, 4) is 0 Å². The molecule has 428 valence electrons. The van der Waals surface area contributed by atoms with E-state index < -0.39 is 12.1 Å². The van der Waals surface area contributed by atoms with E-state index in [0.717, 1.165) is 57.8 Å². The first kappa shape index (κ1) is 70.8. The average molecular weight is 1020 g/mol. The van der Waals surface area contributed by atoms with Gasteiger partial charge in [0, 0.05) is 12.8 Å². The molecule has 1 amide bonds. The molecule has 2 unspecified atom stereocenters. The van der Waals surface area contributed by atoms with Crippen LogP contribution < -0.4 is 5.32 Å². The van der Waals surface area contributed by atoms with Crippen LogP contribution in [0.1, 0.15) is 341 Å². The standard InChI is InChI=1S/C67H125NO5/c1-3-5-7-9-11-13-15-17-19-21-24-28-31-35-39-43-47-51-55-59-65(70)64(63-69)68-66(71)60-56-52-48-44-40-36-32-29-25-22-23-26-30-34-38-42-46-50-54-58-62-73-67(72)61-57-53-49-45-41-37-33-27-20-18-16-14-12-10-8-6-4-2/h12,14,18,20,22,25,55,59,64-65,69-70H,3-11,13,15-17,19,21,23-24,26-54,56-58,60-63H2,1-2H3,(H,68,71)/b14-12-,20-18-,25-22-,59-55+. The van der Waals surface area contributed by atoms with Crippen molar-refractivity contribution >= 4 is 11.9 Å². The Kier molecular flexibility index (Phi) is 60.5. The molecule has 6 heteroatoms. The van der Waals surface area contributed by atoms with E-state index in [1.807, 2.05) is 6.08 Å². The molecule has 0 aliphatic carbocycles. The highest BCUT2D eigenvalue weighted by atomic mass is 16.5. The summed E-state index contributed by atoms with van der Waals surface area (Å²) in [5, 5.41) is 23.2. The molecule has 0 radical (unpaired) electrons. The van der Waals surface area contributed by atoms with Gasteiger partial charge in [0.15, 0.2) is 0 Å². The molecule has 0 saturated heterocycles. The van der Waals surface area contributed by atoms with Crippen molar-refractivity contribution < 1.29 is 24.5 Å². The third kappa shape index (κ3) is 58.9. The number of aliphatic hydroxyl groups excluding tert-OH is 2. The molecule has 0 aliphatic rings. The summed E-state index contributed by atoms with van der Waals surface area (Å²) >= 11 is 0. The van der Waals surface area contributed by atoms with Crippen LogP contribution in [0.4, 0.5) is 0 Å². The van der Waals surface area contributed by atoms with Gasteiger partial charge >= 0.3 is 5.97 Å². The first-order chi connectivity index (χ1) is 36.0. The summed E-state index contributed by atoms with van der Waals surface area (Å²) in [6.07, 6.45) is 80.1. The highest BCUT2D eigenvalue weighted by Crippen LogP contribution is 2.17. The van der Waals surface area contributed by atoms with Gasteiger partial charge in [0.1, 0.15) is 0 Å². The van der Waals surface area contributed by atoms with Crippen molar-refractivity contribution in [3.63, 3.8) is 0 Å². The summed E-state index contributed by atoms with van der Waals surface area (Å²) in [6, 6.07) is -0.636. The van der Waals surface area contributed by atoms with Crippen LogP contribution in [0.25, 0.3) is 0 Å². The zero-order valence-electron chi connectivity index (χ0n) is 48.9. The Labute approximate surface area is 455 Å². The number of carbonyl (C=O) groups excluding carboxylic acids is 2. The second-order valence-electron chi connectivity index (χ2n) is 22.1. The monoisotopic (exact) mass is 1020 g/mol. The van der Waals surface area contributed by atoms with Crippen molar-refractivity contribution in [1.82, 2.24) is 5.32 Å². The second-order valence-corrected chi connectivity index (χ2v) is 22.1. The van der Waals surface area contributed by atoms with Crippen LogP contribution in [-0.2, 0) is 14.3 Å². The number of allylic oxidation sites excluding steroid dienone is 7. The van der Waals surface area contributed by atoms with Crippen LogP contribution in [0.2, 0.25) is 0 Å².